The van der Waals surface area contributed by atoms with Gasteiger partial charge in [-0.15, -0.1) is 11.3 Å². The Morgan fingerprint density at radius 1 is 1.42 bits per heavy atom. The van der Waals surface area contributed by atoms with Crippen LogP contribution in [0.2, 0.25) is 4.34 Å². The Hall–Kier alpha value is -0.310. The quantitative estimate of drug-likeness (QED) is 0.734. The first kappa shape index (κ1) is 8.30. The van der Waals surface area contributed by atoms with Crippen LogP contribution in [-0.2, 0) is 0 Å². The molecule has 0 spiro atoms. The highest BCUT2D eigenvalue weighted by Crippen LogP contribution is 2.29. The topological polar surface area (TPSA) is 12.0 Å². The summed E-state index contributed by atoms with van der Waals surface area (Å²) in [4.78, 5) is 1.32. The number of rotatable bonds is 1. The molecule has 1 aliphatic rings. The maximum absolute atomic E-state index is 5.86. The Labute approximate surface area is 81.1 Å². The van der Waals surface area contributed by atoms with E-state index in [-0.39, 0.29) is 0 Å². The summed E-state index contributed by atoms with van der Waals surface area (Å²) in [6, 6.07) is 4.06. The van der Waals surface area contributed by atoms with Crippen molar-refractivity contribution in [2.75, 3.05) is 13.1 Å². The number of halogens is 1. The first-order valence-corrected chi connectivity index (χ1v) is 5.21. The lowest BCUT2D eigenvalue weighted by atomic mass is 10.1. The first-order chi connectivity index (χ1) is 5.86. The number of thiophene rings is 1. The van der Waals surface area contributed by atoms with Crippen LogP contribution in [0, 0.1) is 0 Å². The van der Waals surface area contributed by atoms with Crippen LogP contribution in [0.4, 0.5) is 0 Å². The zero-order valence-corrected chi connectivity index (χ0v) is 8.21. The monoisotopic (exact) mass is 199 g/mol. The van der Waals surface area contributed by atoms with Crippen LogP contribution in [0.25, 0.3) is 5.57 Å². The highest BCUT2D eigenvalue weighted by atomic mass is 35.5. The van der Waals surface area contributed by atoms with Gasteiger partial charge in [0.05, 0.1) is 4.34 Å². The lowest BCUT2D eigenvalue weighted by molar-refractivity contribution is 0.739. The summed E-state index contributed by atoms with van der Waals surface area (Å²) in [6.07, 6.45) is 3.36. The van der Waals surface area contributed by atoms with Crippen molar-refractivity contribution in [2.24, 2.45) is 0 Å². The molecule has 64 valence electrons. The van der Waals surface area contributed by atoms with Crippen LogP contribution in [-0.4, -0.2) is 13.1 Å². The van der Waals surface area contributed by atoms with Gasteiger partial charge in [0.25, 0.3) is 0 Å². The van der Waals surface area contributed by atoms with Crippen molar-refractivity contribution >= 4 is 28.5 Å². The molecule has 0 aromatic carbocycles. The maximum Gasteiger partial charge on any atom is 0.0934 e. The summed E-state index contributed by atoms with van der Waals surface area (Å²) >= 11 is 7.52. The lowest BCUT2D eigenvalue weighted by Crippen LogP contribution is -2.19. The molecule has 0 amide bonds. The molecule has 0 saturated heterocycles. The Morgan fingerprint density at radius 3 is 2.92 bits per heavy atom. The van der Waals surface area contributed by atoms with Crippen LogP contribution in [0.5, 0.6) is 0 Å². The Morgan fingerprint density at radius 2 is 2.33 bits per heavy atom. The minimum Gasteiger partial charge on any atom is -0.313 e. The van der Waals surface area contributed by atoms with E-state index in [9.17, 15) is 0 Å². The van der Waals surface area contributed by atoms with Crippen molar-refractivity contribution in [1.82, 2.24) is 5.32 Å². The molecule has 0 fully saturated rings. The molecule has 0 unspecified atom stereocenters. The molecule has 1 N–H and O–H groups in total. The van der Waals surface area contributed by atoms with Crippen molar-refractivity contribution in [3.05, 3.63) is 27.4 Å². The van der Waals surface area contributed by atoms with Gasteiger partial charge in [-0.2, -0.15) is 0 Å². The Kier molecular flexibility index (Phi) is 2.49. The summed E-state index contributed by atoms with van der Waals surface area (Å²) in [5.74, 6) is 0. The van der Waals surface area contributed by atoms with Gasteiger partial charge in [-0.3, -0.25) is 0 Å². The van der Waals surface area contributed by atoms with Crippen LogP contribution in [0.1, 0.15) is 11.3 Å². The molecule has 0 aliphatic carbocycles. The van der Waals surface area contributed by atoms with E-state index in [0.717, 1.165) is 23.8 Å². The number of hydrogen-bond acceptors (Lipinski definition) is 2. The van der Waals surface area contributed by atoms with E-state index in [1.165, 1.54) is 10.5 Å². The highest BCUT2D eigenvalue weighted by Gasteiger charge is 2.07. The SMILES string of the molecule is Clc1ccc(C2=CCNCC2)s1. The second-order valence-corrected chi connectivity index (χ2v) is 4.50. The summed E-state index contributed by atoms with van der Waals surface area (Å²) in [5.41, 5.74) is 1.44. The maximum atomic E-state index is 5.86. The van der Waals surface area contributed by atoms with E-state index in [4.69, 9.17) is 11.6 Å². The highest BCUT2D eigenvalue weighted by molar-refractivity contribution is 7.17. The van der Waals surface area contributed by atoms with Crippen molar-refractivity contribution in [3.8, 4) is 0 Å². The molecule has 12 heavy (non-hydrogen) atoms. The van der Waals surface area contributed by atoms with Crippen molar-refractivity contribution < 1.29 is 0 Å². The van der Waals surface area contributed by atoms with Gasteiger partial charge >= 0.3 is 0 Å². The number of nitrogens with one attached hydrogen (secondary N) is 1. The minimum atomic E-state index is 0.879. The van der Waals surface area contributed by atoms with Gasteiger partial charge < -0.3 is 5.32 Å². The van der Waals surface area contributed by atoms with Crippen molar-refractivity contribution in [1.29, 1.82) is 0 Å². The fraction of sp³-hybridized carbons (Fsp3) is 0.333. The van der Waals surface area contributed by atoms with Crippen LogP contribution in [0.15, 0.2) is 18.2 Å². The molecule has 1 aromatic rings. The molecule has 2 rings (SSSR count). The average molecular weight is 200 g/mol. The van der Waals surface area contributed by atoms with Gasteiger partial charge in [0.15, 0.2) is 0 Å². The average Bonchev–Trinajstić information content (AvgIpc) is 2.54. The molecule has 0 atom stereocenters. The van der Waals surface area contributed by atoms with Crippen LogP contribution >= 0.6 is 22.9 Å². The molecule has 0 bridgehead atoms. The second-order valence-electron chi connectivity index (χ2n) is 2.79. The zero-order valence-electron chi connectivity index (χ0n) is 6.64. The molecule has 0 radical (unpaired) electrons. The summed E-state index contributed by atoms with van der Waals surface area (Å²) in [5, 5.41) is 3.29. The lowest BCUT2D eigenvalue weighted by Gasteiger charge is -2.11. The van der Waals surface area contributed by atoms with Crippen molar-refractivity contribution in [3.63, 3.8) is 0 Å². The summed E-state index contributed by atoms with van der Waals surface area (Å²) < 4.78 is 0.879. The van der Waals surface area contributed by atoms with Gasteiger partial charge in [-0.05, 0) is 30.7 Å². The Bertz CT molecular complexity index is 303. The van der Waals surface area contributed by atoms with Gasteiger partial charge in [0.1, 0.15) is 0 Å². The molecule has 3 heteroatoms. The van der Waals surface area contributed by atoms with E-state index < -0.39 is 0 Å². The molecular formula is C9H10ClNS. The third-order valence-electron chi connectivity index (χ3n) is 1.95. The van der Waals surface area contributed by atoms with Gasteiger partial charge in [0.2, 0.25) is 0 Å². The normalized spacial score (nSPS) is 17.6. The molecular weight excluding hydrogens is 190 g/mol. The molecule has 2 heterocycles. The third-order valence-corrected chi connectivity index (χ3v) is 3.26. The minimum absolute atomic E-state index is 0.879. The van der Waals surface area contributed by atoms with Gasteiger partial charge in [-0.25, -0.2) is 0 Å². The van der Waals surface area contributed by atoms with E-state index in [1.54, 1.807) is 11.3 Å². The van der Waals surface area contributed by atoms with E-state index >= 15 is 0 Å². The third kappa shape index (κ3) is 1.71. The van der Waals surface area contributed by atoms with E-state index in [1.807, 2.05) is 6.07 Å². The van der Waals surface area contributed by atoms with E-state index in [0.29, 0.717) is 0 Å². The number of hydrogen-bond donors (Lipinski definition) is 1. The molecule has 1 aromatic heterocycles. The molecule has 1 aliphatic heterocycles. The van der Waals surface area contributed by atoms with Crippen LogP contribution in [0.3, 0.4) is 0 Å². The predicted octanol–water partition coefficient (Wildman–Crippen LogP) is 2.78. The van der Waals surface area contributed by atoms with Gasteiger partial charge in [-0.1, -0.05) is 17.7 Å². The van der Waals surface area contributed by atoms with Crippen molar-refractivity contribution in [2.45, 2.75) is 6.42 Å². The zero-order chi connectivity index (χ0) is 8.39. The van der Waals surface area contributed by atoms with Crippen LogP contribution < -0.4 is 5.32 Å². The Balaban J connectivity index is 2.23. The summed E-state index contributed by atoms with van der Waals surface area (Å²) in [6.45, 7) is 2.08. The standard InChI is InChI=1S/C9H10ClNS/c10-9-2-1-8(12-9)7-3-5-11-6-4-7/h1-3,11H,4-6H2. The molecule has 0 saturated carbocycles. The fourth-order valence-electron chi connectivity index (χ4n) is 1.33. The smallest absolute Gasteiger partial charge is 0.0934 e. The largest absolute Gasteiger partial charge is 0.313 e. The first-order valence-electron chi connectivity index (χ1n) is 4.02. The fourth-order valence-corrected chi connectivity index (χ4v) is 2.44. The second kappa shape index (κ2) is 3.60. The summed E-state index contributed by atoms with van der Waals surface area (Å²) in [7, 11) is 0. The predicted molar refractivity (Wildman–Crippen MR) is 54.8 cm³/mol. The van der Waals surface area contributed by atoms with Gasteiger partial charge in [0, 0.05) is 11.4 Å². The van der Waals surface area contributed by atoms with E-state index in [2.05, 4.69) is 17.5 Å². The molecule has 1 nitrogen and oxygen atoms in total.